The number of aromatic nitrogens is 1. The molecule has 1 aliphatic carbocycles. The zero-order valence-electron chi connectivity index (χ0n) is 31.9. The molecule has 0 atom stereocenters. The van der Waals surface area contributed by atoms with Gasteiger partial charge >= 0.3 is 6.98 Å². The van der Waals surface area contributed by atoms with Crippen LogP contribution in [0.25, 0.3) is 55.3 Å². The first kappa shape index (κ1) is 32.6. The summed E-state index contributed by atoms with van der Waals surface area (Å²) in [6, 6.07) is 58.4. The Morgan fingerprint density at radius 1 is 0.554 bits per heavy atom. The topological polar surface area (TPSA) is 11.4 Å². The summed E-state index contributed by atoms with van der Waals surface area (Å²) in [5.74, 6) is 0. The molecule has 7 aromatic carbocycles. The van der Waals surface area contributed by atoms with Gasteiger partial charge in [-0.2, -0.15) is 0 Å². The molecule has 1 aromatic heterocycles. The molecule has 0 N–H and O–H groups in total. The number of anilines is 3. The molecule has 0 radical (unpaired) electrons. The van der Waals surface area contributed by atoms with Gasteiger partial charge in [0.15, 0.2) is 0 Å². The second-order valence-corrected chi connectivity index (χ2v) is 15.8. The van der Waals surface area contributed by atoms with Crippen molar-refractivity contribution in [3.8, 4) is 27.9 Å². The normalized spacial score (nSPS) is 15.0. The molecule has 0 spiro atoms. The number of rotatable bonds is 5. The van der Waals surface area contributed by atoms with E-state index in [9.17, 15) is 0 Å². The molecular formula is C52H40BN3. The van der Waals surface area contributed by atoms with Gasteiger partial charge in [0.25, 0.3) is 0 Å². The minimum Gasteiger partial charge on any atom is -0.361 e. The molecule has 0 fully saturated rings. The lowest BCUT2D eigenvalue weighted by Crippen LogP contribution is -2.63. The minimum atomic E-state index is -0.188. The van der Waals surface area contributed by atoms with Crippen LogP contribution < -0.4 is 15.1 Å². The highest BCUT2D eigenvalue weighted by Crippen LogP contribution is 2.54. The molecule has 2 aliphatic heterocycles. The van der Waals surface area contributed by atoms with Crippen LogP contribution in [-0.2, 0) is 5.41 Å². The molecule has 8 aromatic rings. The number of hydrogen-bond acceptors (Lipinski definition) is 2. The van der Waals surface area contributed by atoms with Crippen molar-refractivity contribution in [3.05, 3.63) is 205 Å². The molecule has 0 unspecified atom stereocenters. The summed E-state index contributed by atoms with van der Waals surface area (Å²) in [5, 5.41) is 2.47. The van der Waals surface area contributed by atoms with Crippen LogP contribution in [0.2, 0.25) is 0 Å². The molecular weight excluding hydrogens is 677 g/mol. The number of benzene rings is 7. The molecule has 11 rings (SSSR count). The Labute approximate surface area is 328 Å². The lowest BCUT2D eigenvalue weighted by molar-refractivity contribution is 0.660. The summed E-state index contributed by atoms with van der Waals surface area (Å²) in [7, 11) is 0. The zero-order chi connectivity index (χ0) is 37.7. The van der Waals surface area contributed by atoms with Gasteiger partial charge in [0.05, 0.1) is 11.0 Å². The van der Waals surface area contributed by atoms with Crippen LogP contribution >= 0.6 is 0 Å². The van der Waals surface area contributed by atoms with E-state index in [4.69, 9.17) is 0 Å². The SMILES string of the molecule is C=C/C=C\C1=C(C)c2cccc3c2B(N1c1cccc2c1-c1ccccc1C2(C)C)N(c1ccc2c(c1)c1ccccc1n2-c1ccccc1)c1ccccc1-3. The summed E-state index contributed by atoms with van der Waals surface area (Å²) >= 11 is 0. The molecule has 3 heterocycles. The van der Waals surface area contributed by atoms with Crippen LogP contribution in [0.4, 0.5) is 17.1 Å². The third-order valence-corrected chi connectivity index (χ3v) is 12.5. The van der Waals surface area contributed by atoms with Crippen molar-refractivity contribution in [2.75, 3.05) is 9.62 Å². The summed E-state index contributed by atoms with van der Waals surface area (Å²) in [6.45, 7) is 11.0. The summed E-state index contributed by atoms with van der Waals surface area (Å²) in [6.07, 6.45) is 6.24. The Kier molecular flexibility index (Phi) is 7.06. The maximum atomic E-state index is 4.11. The molecule has 0 bridgehead atoms. The van der Waals surface area contributed by atoms with Gasteiger partial charge in [-0.1, -0.05) is 142 Å². The number of fused-ring (bicyclic) bond motifs is 8. The third-order valence-electron chi connectivity index (χ3n) is 12.5. The van der Waals surface area contributed by atoms with E-state index in [0.29, 0.717) is 0 Å². The summed E-state index contributed by atoms with van der Waals surface area (Å²) in [4.78, 5) is 5.24. The molecule has 0 saturated carbocycles. The van der Waals surface area contributed by atoms with Gasteiger partial charge in [-0.3, -0.25) is 0 Å². The quantitative estimate of drug-likeness (QED) is 0.130. The second-order valence-electron chi connectivity index (χ2n) is 15.8. The zero-order valence-corrected chi connectivity index (χ0v) is 31.9. The summed E-state index contributed by atoms with van der Waals surface area (Å²) < 4.78 is 2.40. The second kappa shape index (κ2) is 12.1. The van der Waals surface area contributed by atoms with Crippen LogP contribution in [0.3, 0.4) is 0 Å². The Bertz CT molecular complexity index is 3000. The monoisotopic (exact) mass is 717 g/mol. The van der Waals surface area contributed by atoms with Gasteiger partial charge in [0.2, 0.25) is 0 Å². The van der Waals surface area contributed by atoms with Gasteiger partial charge in [-0.15, -0.1) is 0 Å². The first-order valence-electron chi connectivity index (χ1n) is 19.6. The molecule has 3 nitrogen and oxygen atoms in total. The van der Waals surface area contributed by atoms with Gasteiger partial charge in [-0.25, -0.2) is 0 Å². The van der Waals surface area contributed by atoms with E-state index in [1.165, 1.54) is 88.9 Å². The van der Waals surface area contributed by atoms with Gasteiger partial charge in [0.1, 0.15) is 0 Å². The first-order chi connectivity index (χ1) is 27.5. The van der Waals surface area contributed by atoms with Gasteiger partial charge in [0, 0.05) is 55.8 Å². The Hall–Kier alpha value is -6.78. The molecule has 266 valence electrons. The van der Waals surface area contributed by atoms with Crippen LogP contribution in [0.15, 0.2) is 188 Å². The van der Waals surface area contributed by atoms with Crippen molar-refractivity contribution < 1.29 is 0 Å². The van der Waals surface area contributed by atoms with Crippen LogP contribution in [0, 0.1) is 0 Å². The molecule has 56 heavy (non-hydrogen) atoms. The van der Waals surface area contributed by atoms with Crippen LogP contribution in [0.1, 0.15) is 37.5 Å². The predicted molar refractivity (Wildman–Crippen MR) is 239 cm³/mol. The molecule has 0 amide bonds. The average Bonchev–Trinajstić information content (AvgIpc) is 3.70. The number of hydrogen-bond donors (Lipinski definition) is 0. The Morgan fingerprint density at radius 2 is 1.21 bits per heavy atom. The van der Waals surface area contributed by atoms with Crippen molar-refractivity contribution in [2.45, 2.75) is 26.2 Å². The number of nitrogens with zero attached hydrogens (tertiary/aromatic N) is 3. The number of para-hydroxylation sites is 3. The van der Waals surface area contributed by atoms with E-state index in [0.717, 1.165) is 11.4 Å². The highest BCUT2D eigenvalue weighted by atomic mass is 15.2. The van der Waals surface area contributed by atoms with Crippen LogP contribution in [0.5, 0.6) is 0 Å². The van der Waals surface area contributed by atoms with Gasteiger partial charge < -0.3 is 14.2 Å². The molecule has 3 aliphatic rings. The Balaban J connectivity index is 1.23. The van der Waals surface area contributed by atoms with E-state index < -0.39 is 0 Å². The molecule has 4 heteroatoms. The van der Waals surface area contributed by atoms with Crippen molar-refractivity contribution in [1.82, 2.24) is 4.57 Å². The lowest BCUT2D eigenvalue weighted by Gasteiger charge is -2.48. The predicted octanol–water partition coefficient (Wildman–Crippen LogP) is 12.6. The maximum absolute atomic E-state index is 4.11. The lowest BCUT2D eigenvalue weighted by atomic mass is 9.53. The highest BCUT2D eigenvalue weighted by Gasteiger charge is 2.48. The fourth-order valence-electron chi connectivity index (χ4n) is 10.1. The maximum Gasteiger partial charge on any atom is 0.421 e. The van der Waals surface area contributed by atoms with Crippen molar-refractivity contribution in [2.24, 2.45) is 0 Å². The van der Waals surface area contributed by atoms with Gasteiger partial charge in [-0.05, 0) is 100 Å². The third kappa shape index (κ3) is 4.41. The van der Waals surface area contributed by atoms with E-state index in [-0.39, 0.29) is 12.4 Å². The first-order valence-corrected chi connectivity index (χ1v) is 19.6. The van der Waals surface area contributed by atoms with Crippen molar-refractivity contribution >= 4 is 56.9 Å². The summed E-state index contributed by atoms with van der Waals surface area (Å²) in [5.41, 5.74) is 19.9. The van der Waals surface area contributed by atoms with E-state index in [2.05, 4.69) is 211 Å². The van der Waals surface area contributed by atoms with Crippen molar-refractivity contribution in [3.63, 3.8) is 0 Å². The fourth-order valence-corrected chi connectivity index (χ4v) is 10.1. The fraction of sp³-hybridized carbons (Fsp3) is 0.0769. The van der Waals surface area contributed by atoms with Crippen molar-refractivity contribution in [1.29, 1.82) is 0 Å². The van der Waals surface area contributed by atoms with E-state index >= 15 is 0 Å². The number of allylic oxidation sites excluding steroid dienone is 4. The highest BCUT2D eigenvalue weighted by molar-refractivity contribution is 6.85. The molecule has 0 saturated heterocycles. The van der Waals surface area contributed by atoms with Crippen LogP contribution in [-0.4, -0.2) is 11.5 Å². The minimum absolute atomic E-state index is 0.131. The van der Waals surface area contributed by atoms with E-state index in [1.54, 1.807) is 0 Å². The largest absolute Gasteiger partial charge is 0.421 e. The average molecular weight is 718 g/mol. The smallest absolute Gasteiger partial charge is 0.361 e. The Morgan fingerprint density at radius 3 is 2.07 bits per heavy atom. The van der Waals surface area contributed by atoms with E-state index in [1.807, 2.05) is 6.08 Å². The standard InChI is InChI=1S/C52H40BN3/c1-5-6-27-45-34(2)37-23-16-24-40-38-20-12-15-29-48(38)55(36-31-32-47-42(33-36)39-21-11-14-28-46(39)54(47)35-18-8-7-9-19-35)53(51(37)40)56(45)49-30-17-26-44-50(49)41-22-10-13-25-43(41)52(44,3)4/h5-33H,1H2,2-4H3/b27-6-.